The van der Waals surface area contributed by atoms with Crippen molar-refractivity contribution in [1.82, 2.24) is 15.1 Å². The van der Waals surface area contributed by atoms with E-state index < -0.39 is 23.8 Å². The lowest BCUT2D eigenvalue weighted by Gasteiger charge is -2.25. The van der Waals surface area contributed by atoms with E-state index in [9.17, 15) is 18.7 Å². The number of likely N-dealkylation sites (tertiary alicyclic amines) is 1. The second kappa shape index (κ2) is 6.08. The van der Waals surface area contributed by atoms with E-state index in [1.54, 1.807) is 6.07 Å². The van der Waals surface area contributed by atoms with Crippen molar-refractivity contribution in [3.05, 3.63) is 52.9 Å². The van der Waals surface area contributed by atoms with Gasteiger partial charge in [-0.3, -0.25) is 9.89 Å². The maximum absolute atomic E-state index is 14.0. The van der Waals surface area contributed by atoms with Gasteiger partial charge < -0.3 is 10.0 Å². The summed E-state index contributed by atoms with van der Waals surface area (Å²) in [6.45, 7) is 1.92. The minimum Gasteiger partial charge on any atom is -0.391 e. The standard InChI is InChI=1S/C16H17F2N3O2/c1-9-4-11(20-19-9)6-16(23)21-8-12(22)7-15(21)13-5-10(17)2-3-14(13)18/h2-5,12,15,22H,6-8H2,1H3,(H,19,20). The SMILES string of the molecule is Cc1cc(CC(=O)N2CC(O)CC2c2cc(F)ccc2F)n[nH]1. The first-order chi connectivity index (χ1) is 10.9. The fraction of sp³-hybridized carbons (Fsp3) is 0.375. The van der Waals surface area contributed by atoms with Crippen molar-refractivity contribution in [2.75, 3.05) is 6.54 Å². The molecule has 2 aromatic rings. The first-order valence-electron chi connectivity index (χ1n) is 7.37. The summed E-state index contributed by atoms with van der Waals surface area (Å²) in [7, 11) is 0. The van der Waals surface area contributed by atoms with Crippen LogP contribution in [0.25, 0.3) is 0 Å². The number of benzene rings is 1. The molecule has 0 radical (unpaired) electrons. The number of carbonyl (C=O) groups excluding carboxylic acids is 1. The minimum absolute atomic E-state index is 0.0461. The lowest BCUT2D eigenvalue weighted by atomic mass is 10.0. The maximum atomic E-state index is 14.0. The van der Waals surface area contributed by atoms with Gasteiger partial charge in [0, 0.05) is 17.8 Å². The number of aromatic nitrogens is 2. The molecule has 0 bridgehead atoms. The summed E-state index contributed by atoms with van der Waals surface area (Å²) < 4.78 is 27.4. The Labute approximate surface area is 131 Å². The molecule has 0 spiro atoms. The molecular formula is C16H17F2N3O2. The Morgan fingerprint density at radius 1 is 1.43 bits per heavy atom. The van der Waals surface area contributed by atoms with E-state index in [0.29, 0.717) is 5.69 Å². The van der Waals surface area contributed by atoms with Gasteiger partial charge in [-0.1, -0.05) is 0 Å². The molecule has 3 rings (SSSR count). The monoisotopic (exact) mass is 321 g/mol. The van der Waals surface area contributed by atoms with Crippen molar-refractivity contribution in [1.29, 1.82) is 0 Å². The number of halogens is 2. The first kappa shape index (κ1) is 15.6. The number of aliphatic hydroxyl groups is 1. The quantitative estimate of drug-likeness (QED) is 0.907. The zero-order valence-electron chi connectivity index (χ0n) is 12.6. The number of β-amino-alcohol motifs (C(OH)–C–C–N with tert-alkyl or cyclic N) is 1. The van der Waals surface area contributed by atoms with Crippen LogP contribution in [0.2, 0.25) is 0 Å². The van der Waals surface area contributed by atoms with Gasteiger partial charge in [-0.2, -0.15) is 5.10 Å². The van der Waals surface area contributed by atoms with E-state index >= 15 is 0 Å². The zero-order valence-corrected chi connectivity index (χ0v) is 12.6. The van der Waals surface area contributed by atoms with Gasteiger partial charge in [-0.05, 0) is 37.6 Å². The van der Waals surface area contributed by atoms with Gasteiger partial charge in [0.25, 0.3) is 0 Å². The van der Waals surface area contributed by atoms with Crippen molar-refractivity contribution in [2.45, 2.75) is 31.9 Å². The number of aliphatic hydroxyl groups excluding tert-OH is 1. The van der Waals surface area contributed by atoms with Crippen LogP contribution in [-0.2, 0) is 11.2 Å². The minimum atomic E-state index is -0.757. The van der Waals surface area contributed by atoms with E-state index in [1.807, 2.05) is 6.92 Å². The van der Waals surface area contributed by atoms with Crippen molar-refractivity contribution in [3.63, 3.8) is 0 Å². The number of aryl methyl sites for hydroxylation is 1. The van der Waals surface area contributed by atoms with Gasteiger partial charge in [0.1, 0.15) is 11.6 Å². The molecule has 2 heterocycles. The molecule has 5 nitrogen and oxygen atoms in total. The normalized spacial score (nSPS) is 21.0. The molecule has 23 heavy (non-hydrogen) atoms. The Hall–Kier alpha value is -2.28. The molecule has 1 fully saturated rings. The molecule has 2 N–H and O–H groups in total. The average Bonchev–Trinajstić information content (AvgIpc) is 3.07. The van der Waals surface area contributed by atoms with Crippen molar-refractivity contribution in [3.8, 4) is 0 Å². The van der Waals surface area contributed by atoms with Crippen LogP contribution in [0, 0.1) is 18.6 Å². The van der Waals surface area contributed by atoms with Gasteiger partial charge in [0.05, 0.1) is 24.3 Å². The van der Waals surface area contributed by atoms with Gasteiger partial charge in [0.15, 0.2) is 0 Å². The Morgan fingerprint density at radius 3 is 2.91 bits per heavy atom. The third-order valence-corrected chi connectivity index (χ3v) is 4.01. The number of hydrogen-bond donors (Lipinski definition) is 2. The fourth-order valence-corrected chi connectivity index (χ4v) is 2.98. The highest BCUT2D eigenvalue weighted by molar-refractivity contribution is 5.79. The summed E-state index contributed by atoms with van der Waals surface area (Å²) in [5, 5.41) is 16.6. The zero-order chi connectivity index (χ0) is 16.6. The van der Waals surface area contributed by atoms with Gasteiger partial charge in [0.2, 0.25) is 5.91 Å². The molecule has 1 aromatic heterocycles. The van der Waals surface area contributed by atoms with Crippen LogP contribution in [0.15, 0.2) is 24.3 Å². The number of carbonyl (C=O) groups is 1. The number of hydrogen-bond acceptors (Lipinski definition) is 3. The van der Waals surface area contributed by atoms with Crippen LogP contribution >= 0.6 is 0 Å². The van der Waals surface area contributed by atoms with Gasteiger partial charge >= 0.3 is 0 Å². The van der Waals surface area contributed by atoms with Crippen LogP contribution in [0.3, 0.4) is 0 Å². The summed E-state index contributed by atoms with van der Waals surface area (Å²) in [4.78, 5) is 13.9. The molecule has 2 atom stereocenters. The van der Waals surface area contributed by atoms with E-state index in [0.717, 1.165) is 23.9 Å². The molecule has 2 unspecified atom stereocenters. The number of H-pyrrole nitrogens is 1. The van der Waals surface area contributed by atoms with Crippen molar-refractivity contribution >= 4 is 5.91 Å². The molecule has 1 saturated heterocycles. The molecule has 1 aliphatic heterocycles. The first-order valence-corrected chi connectivity index (χ1v) is 7.37. The van der Waals surface area contributed by atoms with E-state index in [4.69, 9.17) is 0 Å². The van der Waals surface area contributed by atoms with Gasteiger partial charge in [-0.25, -0.2) is 8.78 Å². The number of rotatable bonds is 3. The van der Waals surface area contributed by atoms with Crippen LogP contribution in [0.1, 0.15) is 29.4 Å². The Balaban J connectivity index is 1.84. The Kier molecular flexibility index (Phi) is 4.12. The topological polar surface area (TPSA) is 69.2 Å². The predicted molar refractivity (Wildman–Crippen MR) is 78.5 cm³/mol. The van der Waals surface area contributed by atoms with Gasteiger partial charge in [-0.15, -0.1) is 0 Å². The lowest BCUT2D eigenvalue weighted by Crippen LogP contribution is -2.33. The predicted octanol–water partition coefficient (Wildman–Crippen LogP) is 1.87. The molecule has 122 valence electrons. The number of amides is 1. The lowest BCUT2D eigenvalue weighted by molar-refractivity contribution is -0.131. The fourth-order valence-electron chi connectivity index (χ4n) is 2.98. The van der Waals surface area contributed by atoms with Crippen LogP contribution in [-0.4, -0.2) is 38.8 Å². The summed E-state index contributed by atoms with van der Waals surface area (Å²) in [6.07, 6.45) is -0.525. The maximum Gasteiger partial charge on any atom is 0.229 e. The third-order valence-electron chi connectivity index (χ3n) is 4.01. The summed E-state index contributed by atoms with van der Waals surface area (Å²) in [5.41, 5.74) is 1.50. The van der Waals surface area contributed by atoms with E-state index in [1.165, 1.54) is 4.90 Å². The highest BCUT2D eigenvalue weighted by atomic mass is 19.1. The number of aromatic amines is 1. The van der Waals surface area contributed by atoms with E-state index in [2.05, 4.69) is 10.2 Å². The molecule has 0 aliphatic carbocycles. The van der Waals surface area contributed by atoms with Crippen LogP contribution in [0.5, 0.6) is 0 Å². The van der Waals surface area contributed by atoms with Crippen LogP contribution < -0.4 is 0 Å². The summed E-state index contributed by atoms with van der Waals surface area (Å²) in [6, 6.07) is 4.23. The molecule has 1 aromatic carbocycles. The molecular weight excluding hydrogens is 304 g/mol. The Bertz CT molecular complexity index is 732. The number of nitrogens with one attached hydrogen (secondary N) is 1. The highest BCUT2D eigenvalue weighted by Gasteiger charge is 2.36. The average molecular weight is 321 g/mol. The molecule has 1 aliphatic rings. The number of nitrogens with zero attached hydrogens (tertiary/aromatic N) is 2. The summed E-state index contributed by atoms with van der Waals surface area (Å²) in [5.74, 6) is -1.43. The van der Waals surface area contributed by atoms with E-state index in [-0.39, 0.29) is 30.9 Å². The molecule has 0 saturated carbocycles. The highest BCUT2D eigenvalue weighted by Crippen LogP contribution is 2.34. The van der Waals surface area contributed by atoms with Crippen LogP contribution in [0.4, 0.5) is 8.78 Å². The van der Waals surface area contributed by atoms with Crippen molar-refractivity contribution < 1.29 is 18.7 Å². The Morgan fingerprint density at radius 2 is 2.22 bits per heavy atom. The molecule has 1 amide bonds. The molecule has 7 heteroatoms. The summed E-state index contributed by atoms with van der Waals surface area (Å²) >= 11 is 0. The smallest absolute Gasteiger partial charge is 0.229 e. The second-order valence-electron chi connectivity index (χ2n) is 5.84. The third kappa shape index (κ3) is 3.24. The largest absolute Gasteiger partial charge is 0.391 e. The van der Waals surface area contributed by atoms with Crippen molar-refractivity contribution in [2.24, 2.45) is 0 Å². The second-order valence-corrected chi connectivity index (χ2v) is 5.84.